The molecule has 0 aliphatic heterocycles. The quantitative estimate of drug-likeness (QED) is 0.564. The van der Waals surface area contributed by atoms with Crippen LogP contribution in [0.15, 0.2) is 71.7 Å². The smallest absolute Gasteiger partial charge is 0.286 e. The summed E-state index contributed by atoms with van der Waals surface area (Å²) in [6, 6.07) is 21.8. The van der Waals surface area contributed by atoms with Gasteiger partial charge in [0.2, 0.25) is 0 Å². The molecule has 0 saturated carbocycles. The Kier molecular flexibility index (Phi) is 4.07. The molecule has 0 N–H and O–H groups in total. The number of hydrogen-bond acceptors (Lipinski definition) is 3. The van der Waals surface area contributed by atoms with E-state index in [0.29, 0.717) is 10.6 Å². The van der Waals surface area contributed by atoms with Gasteiger partial charge in [-0.05, 0) is 35.0 Å². The Morgan fingerprint density at radius 2 is 1.80 bits per heavy atom. The van der Waals surface area contributed by atoms with E-state index in [4.69, 9.17) is 4.74 Å². The lowest BCUT2D eigenvalue weighted by atomic mass is 10.1. The summed E-state index contributed by atoms with van der Waals surface area (Å²) in [5, 5.41) is 2.23. The number of benzene rings is 3. The van der Waals surface area contributed by atoms with Gasteiger partial charge in [0.1, 0.15) is 5.75 Å². The van der Waals surface area contributed by atoms with E-state index < -0.39 is 0 Å². The Bertz CT molecular complexity index is 1140. The second-order valence-electron chi connectivity index (χ2n) is 5.71. The minimum absolute atomic E-state index is 0.0768. The van der Waals surface area contributed by atoms with Crippen molar-refractivity contribution >= 4 is 38.2 Å². The number of carbonyl (C=O) groups excluding carboxylic acids is 1. The minimum atomic E-state index is -0.296. The van der Waals surface area contributed by atoms with Crippen LogP contribution in [-0.4, -0.2) is 17.1 Å². The Balaban J connectivity index is 1.53. The van der Waals surface area contributed by atoms with Crippen molar-refractivity contribution in [3.05, 3.63) is 71.5 Å². The topological polar surface area (TPSA) is 43.6 Å². The van der Waals surface area contributed by atoms with Crippen LogP contribution in [0.25, 0.3) is 21.0 Å². The number of carbonyl (C=O) groups is 1. The number of aryl methyl sites for hydroxylation is 1. The second kappa shape index (κ2) is 6.53. The van der Waals surface area contributed by atoms with Gasteiger partial charge in [0.15, 0.2) is 11.4 Å². The third kappa shape index (κ3) is 3.19. The van der Waals surface area contributed by atoms with Crippen molar-refractivity contribution < 1.29 is 9.53 Å². The van der Waals surface area contributed by atoms with E-state index in [0.717, 1.165) is 21.0 Å². The molecule has 0 aliphatic carbocycles. The summed E-state index contributed by atoms with van der Waals surface area (Å²) in [5.74, 6) is 0.373. The minimum Gasteiger partial charge on any atom is -0.484 e. The largest absolute Gasteiger partial charge is 0.484 e. The SMILES string of the molecule is Cn1c(=NC(=O)COc2ccc3ccccc3c2)sc2ccccc21. The average Bonchev–Trinajstić information content (AvgIpc) is 2.96. The van der Waals surface area contributed by atoms with E-state index in [1.165, 1.54) is 11.3 Å². The molecule has 0 bridgehead atoms. The molecule has 5 heteroatoms. The number of aromatic nitrogens is 1. The molecule has 0 unspecified atom stereocenters. The molecule has 1 heterocycles. The first-order valence-electron chi connectivity index (χ1n) is 7.94. The monoisotopic (exact) mass is 348 g/mol. The summed E-state index contributed by atoms with van der Waals surface area (Å²) in [6.07, 6.45) is 0. The molecule has 0 radical (unpaired) electrons. The van der Waals surface area contributed by atoms with Crippen LogP contribution in [0.3, 0.4) is 0 Å². The van der Waals surface area contributed by atoms with Gasteiger partial charge in [-0.3, -0.25) is 4.79 Å². The zero-order chi connectivity index (χ0) is 17.2. The van der Waals surface area contributed by atoms with Crippen LogP contribution < -0.4 is 9.54 Å². The van der Waals surface area contributed by atoms with Gasteiger partial charge >= 0.3 is 0 Å². The molecule has 0 saturated heterocycles. The van der Waals surface area contributed by atoms with Gasteiger partial charge in [0.25, 0.3) is 5.91 Å². The van der Waals surface area contributed by atoms with Gasteiger partial charge in [-0.15, -0.1) is 0 Å². The van der Waals surface area contributed by atoms with Crippen LogP contribution in [0.1, 0.15) is 0 Å². The Morgan fingerprint density at radius 1 is 1.04 bits per heavy atom. The van der Waals surface area contributed by atoms with Gasteiger partial charge < -0.3 is 9.30 Å². The molecule has 4 rings (SSSR count). The lowest BCUT2D eigenvalue weighted by molar-refractivity contribution is -0.120. The molecule has 1 aromatic heterocycles. The maximum atomic E-state index is 12.2. The molecule has 4 aromatic rings. The highest BCUT2D eigenvalue weighted by Gasteiger charge is 2.06. The molecule has 0 fully saturated rings. The summed E-state index contributed by atoms with van der Waals surface area (Å²) in [4.78, 5) is 17.0. The third-order valence-corrected chi connectivity index (χ3v) is 5.13. The van der Waals surface area contributed by atoms with Crippen LogP contribution in [0, 0.1) is 0 Å². The second-order valence-corrected chi connectivity index (χ2v) is 6.72. The molecule has 25 heavy (non-hydrogen) atoms. The molecule has 4 nitrogen and oxygen atoms in total. The molecule has 0 aliphatic rings. The van der Waals surface area contributed by atoms with Crippen molar-refractivity contribution in [3.8, 4) is 5.75 Å². The van der Waals surface area contributed by atoms with E-state index >= 15 is 0 Å². The van der Waals surface area contributed by atoms with Crippen molar-refractivity contribution in [3.63, 3.8) is 0 Å². The molecule has 1 amide bonds. The normalized spacial score (nSPS) is 12.0. The number of rotatable bonds is 3. The maximum Gasteiger partial charge on any atom is 0.286 e. The first-order valence-corrected chi connectivity index (χ1v) is 8.76. The van der Waals surface area contributed by atoms with Crippen molar-refractivity contribution in [1.82, 2.24) is 4.57 Å². The Labute approximate surface area is 148 Å². The summed E-state index contributed by atoms with van der Waals surface area (Å²) in [6.45, 7) is -0.0768. The Hall–Kier alpha value is -2.92. The Morgan fingerprint density at radius 3 is 2.64 bits per heavy atom. The number of amides is 1. The standard InChI is InChI=1S/C20H16N2O2S/c1-22-17-8-4-5-9-18(17)25-20(22)21-19(23)13-24-16-11-10-14-6-2-3-7-15(14)12-16/h2-12H,13H2,1H3. The van der Waals surface area contributed by atoms with Crippen molar-refractivity contribution in [2.24, 2.45) is 12.0 Å². The fourth-order valence-electron chi connectivity index (χ4n) is 2.73. The number of nitrogens with zero attached hydrogens (tertiary/aromatic N) is 2. The lowest BCUT2D eigenvalue weighted by Gasteiger charge is -2.05. The number of hydrogen-bond donors (Lipinski definition) is 0. The first-order chi connectivity index (χ1) is 12.2. The van der Waals surface area contributed by atoms with Gasteiger partial charge in [0.05, 0.1) is 10.2 Å². The summed E-state index contributed by atoms with van der Waals surface area (Å²) in [7, 11) is 1.91. The van der Waals surface area contributed by atoms with Crippen LogP contribution in [0.2, 0.25) is 0 Å². The van der Waals surface area contributed by atoms with Crippen LogP contribution in [0.5, 0.6) is 5.75 Å². The summed E-state index contributed by atoms with van der Waals surface area (Å²) in [5.41, 5.74) is 1.06. The molecule has 0 spiro atoms. The van der Waals surface area contributed by atoms with E-state index in [9.17, 15) is 4.79 Å². The lowest BCUT2D eigenvalue weighted by Crippen LogP contribution is -2.17. The molecular weight excluding hydrogens is 332 g/mol. The molecular formula is C20H16N2O2S. The van der Waals surface area contributed by atoms with E-state index in [1.54, 1.807) is 0 Å². The fraction of sp³-hybridized carbons (Fsp3) is 0.100. The number of fused-ring (bicyclic) bond motifs is 2. The van der Waals surface area contributed by atoms with E-state index in [-0.39, 0.29) is 12.5 Å². The predicted molar refractivity (Wildman–Crippen MR) is 101 cm³/mol. The molecule has 3 aromatic carbocycles. The van der Waals surface area contributed by atoms with Gasteiger partial charge in [-0.25, -0.2) is 0 Å². The van der Waals surface area contributed by atoms with Gasteiger partial charge in [-0.1, -0.05) is 53.8 Å². The number of thiazole rings is 1. The van der Waals surface area contributed by atoms with Crippen LogP contribution in [-0.2, 0) is 11.8 Å². The maximum absolute atomic E-state index is 12.2. The highest BCUT2D eigenvalue weighted by Crippen LogP contribution is 2.20. The predicted octanol–water partition coefficient (Wildman–Crippen LogP) is 3.90. The summed E-state index contributed by atoms with van der Waals surface area (Å²) < 4.78 is 8.64. The zero-order valence-electron chi connectivity index (χ0n) is 13.7. The third-order valence-electron chi connectivity index (χ3n) is 4.02. The summed E-state index contributed by atoms with van der Waals surface area (Å²) >= 11 is 1.50. The molecule has 0 atom stereocenters. The van der Waals surface area contributed by atoms with Crippen molar-refractivity contribution in [1.29, 1.82) is 0 Å². The first kappa shape index (κ1) is 15.6. The molecule has 124 valence electrons. The van der Waals surface area contributed by atoms with Crippen LogP contribution in [0.4, 0.5) is 0 Å². The van der Waals surface area contributed by atoms with E-state index in [1.807, 2.05) is 78.3 Å². The average molecular weight is 348 g/mol. The van der Waals surface area contributed by atoms with Crippen molar-refractivity contribution in [2.75, 3.05) is 6.61 Å². The van der Waals surface area contributed by atoms with E-state index in [2.05, 4.69) is 4.99 Å². The zero-order valence-corrected chi connectivity index (χ0v) is 14.5. The fourth-order valence-corrected chi connectivity index (χ4v) is 3.77. The number of para-hydroxylation sites is 1. The highest BCUT2D eigenvalue weighted by atomic mass is 32.1. The van der Waals surface area contributed by atoms with Crippen LogP contribution >= 0.6 is 11.3 Å². The van der Waals surface area contributed by atoms with Gasteiger partial charge in [-0.2, -0.15) is 4.99 Å². The highest BCUT2D eigenvalue weighted by molar-refractivity contribution is 7.16. The van der Waals surface area contributed by atoms with Crippen molar-refractivity contribution in [2.45, 2.75) is 0 Å². The van der Waals surface area contributed by atoms with Gasteiger partial charge in [0, 0.05) is 7.05 Å². The number of ether oxygens (including phenoxy) is 1.